The molecule has 0 aliphatic rings. The number of carbonyl (C=O) groups excluding carboxylic acids is 1. The Kier molecular flexibility index (Phi) is 9.83. The summed E-state index contributed by atoms with van der Waals surface area (Å²) in [5, 5.41) is 3.37. The molecule has 0 saturated carbocycles. The number of rotatable bonds is 9. The Labute approximate surface area is 104 Å². The van der Waals surface area contributed by atoms with E-state index in [2.05, 4.69) is 11.6 Å². The zero-order chi connectivity index (χ0) is 12.4. The molecular formula is C12H25NO2S. The van der Waals surface area contributed by atoms with E-state index in [0.717, 1.165) is 6.54 Å². The van der Waals surface area contributed by atoms with Gasteiger partial charge in [0.05, 0.1) is 13.0 Å². The van der Waals surface area contributed by atoms with E-state index < -0.39 is 0 Å². The van der Waals surface area contributed by atoms with Crippen molar-refractivity contribution in [3.05, 3.63) is 0 Å². The van der Waals surface area contributed by atoms with Crippen molar-refractivity contribution in [2.75, 3.05) is 25.7 Å². The lowest BCUT2D eigenvalue weighted by Gasteiger charge is -2.19. The second-order valence-electron chi connectivity index (χ2n) is 4.11. The fraction of sp³-hybridized carbons (Fsp3) is 0.917. The van der Waals surface area contributed by atoms with Crippen molar-refractivity contribution in [3.8, 4) is 0 Å². The van der Waals surface area contributed by atoms with Crippen LogP contribution in [-0.4, -0.2) is 37.7 Å². The Morgan fingerprint density at radius 3 is 2.56 bits per heavy atom. The van der Waals surface area contributed by atoms with Crippen LogP contribution in [0.25, 0.3) is 0 Å². The van der Waals surface area contributed by atoms with Gasteiger partial charge in [-0.3, -0.25) is 4.79 Å². The van der Waals surface area contributed by atoms with Crippen LogP contribution in [0.3, 0.4) is 0 Å². The van der Waals surface area contributed by atoms with Crippen molar-refractivity contribution in [1.29, 1.82) is 0 Å². The number of ether oxygens (including phenoxy) is 1. The Hall–Kier alpha value is -0.220. The first-order chi connectivity index (χ1) is 7.63. The lowest BCUT2D eigenvalue weighted by Crippen LogP contribution is -2.37. The molecule has 0 spiro atoms. The van der Waals surface area contributed by atoms with Gasteiger partial charge in [0.15, 0.2) is 0 Å². The molecule has 0 aromatic rings. The third-order valence-corrected chi connectivity index (χ3v) is 3.51. The van der Waals surface area contributed by atoms with Crippen LogP contribution in [0.1, 0.15) is 33.1 Å². The van der Waals surface area contributed by atoms with Gasteiger partial charge in [-0.05, 0) is 38.3 Å². The molecule has 0 rings (SSSR count). The maximum absolute atomic E-state index is 11.3. The quantitative estimate of drug-likeness (QED) is 0.501. The fourth-order valence-electron chi connectivity index (χ4n) is 1.44. The number of hydrogen-bond acceptors (Lipinski definition) is 4. The molecule has 0 aliphatic carbocycles. The van der Waals surface area contributed by atoms with E-state index in [1.165, 1.54) is 32.1 Å². The SMILES string of the molecule is COC(=O)C(C)C(C)NCCCCCSC. The molecule has 0 aliphatic heterocycles. The Morgan fingerprint density at radius 2 is 2.00 bits per heavy atom. The number of carbonyl (C=O) groups is 1. The highest BCUT2D eigenvalue weighted by atomic mass is 32.2. The lowest BCUT2D eigenvalue weighted by atomic mass is 10.0. The number of thioether (sulfide) groups is 1. The molecule has 0 fully saturated rings. The van der Waals surface area contributed by atoms with E-state index >= 15 is 0 Å². The molecule has 2 atom stereocenters. The standard InChI is InChI=1S/C12H25NO2S/c1-10(12(14)15-3)11(2)13-8-6-5-7-9-16-4/h10-11,13H,5-9H2,1-4H3. The molecule has 2 unspecified atom stereocenters. The number of nitrogens with one attached hydrogen (secondary N) is 1. The molecule has 0 aromatic heterocycles. The van der Waals surface area contributed by atoms with E-state index in [-0.39, 0.29) is 17.9 Å². The average Bonchev–Trinajstić information content (AvgIpc) is 2.31. The van der Waals surface area contributed by atoms with Crippen LogP contribution in [0.2, 0.25) is 0 Å². The smallest absolute Gasteiger partial charge is 0.309 e. The summed E-state index contributed by atoms with van der Waals surface area (Å²) in [4.78, 5) is 11.3. The predicted molar refractivity (Wildman–Crippen MR) is 70.9 cm³/mol. The topological polar surface area (TPSA) is 38.3 Å². The Balaban J connectivity index is 3.49. The van der Waals surface area contributed by atoms with E-state index in [1.54, 1.807) is 0 Å². The molecule has 0 radical (unpaired) electrons. The van der Waals surface area contributed by atoms with Crippen molar-refractivity contribution in [2.45, 2.75) is 39.2 Å². The van der Waals surface area contributed by atoms with Crippen molar-refractivity contribution in [2.24, 2.45) is 5.92 Å². The van der Waals surface area contributed by atoms with Gasteiger partial charge in [0, 0.05) is 6.04 Å². The molecule has 1 N–H and O–H groups in total. The summed E-state index contributed by atoms with van der Waals surface area (Å²) < 4.78 is 4.71. The average molecular weight is 247 g/mol. The molecule has 3 nitrogen and oxygen atoms in total. The first-order valence-corrected chi connectivity index (χ1v) is 7.33. The number of esters is 1. The first kappa shape index (κ1) is 15.8. The summed E-state index contributed by atoms with van der Waals surface area (Å²) in [6.07, 6.45) is 5.86. The second kappa shape index (κ2) is 9.97. The van der Waals surface area contributed by atoms with Gasteiger partial charge in [-0.15, -0.1) is 0 Å². The maximum atomic E-state index is 11.3. The van der Waals surface area contributed by atoms with Crippen LogP contribution in [0.4, 0.5) is 0 Å². The largest absolute Gasteiger partial charge is 0.469 e. The van der Waals surface area contributed by atoms with E-state index in [0.29, 0.717) is 0 Å². The van der Waals surface area contributed by atoms with Crippen molar-refractivity contribution in [1.82, 2.24) is 5.32 Å². The minimum atomic E-state index is -0.137. The number of hydrogen-bond donors (Lipinski definition) is 1. The Morgan fingerprint density at radius 1 is 1.31 bits per heavy atom. The van der Waals surface area contributed by atoms with Crippen LogP contribution in [-0.2, 0) is 9.53 Å². The normalized spacial score (nSPS) is 14.5. The molecule has 16 heavy (non-hydrogen) atoms. The van der Waals surface area contributed by atoms with Crippen molar-refractivity contribution in [3.63, 3.8) is 0 Å². The van der Waals surface area contributed by atoms with Crippen LogP contribution in [0.15, 0.2) is 0 Å². The third-order valence-electron chi connectivity index (χ3n) is 2.81. The van der Waals surface area contributed by atoms with Gasteiger partial charge in [-0.2, -0.15) is 11.8 Å². The number of methoxy groups -OCH3 is 1. The van der Waals surface area contributed by atoms with Gasteiger partial charge >= 0.3 is 5.97 Å². The zero-order valence-corrected chi connectivity index (χ0v) is 11.7. The van der Waals surface area contributed by atoms with Crippen LogP contribution >= 0.6 is 11.8 Å². The monoisotopic (exact) mass is 247 g/mol. The molecule has 0 saturated heterocycles. The van der Waals surface area contributed by atoms with Crippen molar-refractivity contribution < 1.29 is 9.53 Å². The maximum Gasteiger partial charge on any atom is 0.309 e. The van der Waals surface area contributed by atoms with Crippen molar-refractivity contribution >= 4 is 17.7 Å². The van der Waals surface area contributed by atoms with Gasteiger partial charge in [-0.1, -0.05) is 13.3 Å². The van der Waals surface area contributed by atoms with E-state index in [1.807, 2.05) is 25.6 Å². The minimum Gasteiger partial charge on any atom is -0.469 e. The van der Waals surface area contributed by atoms with Gasteiger partial charge in [-0.25, -0.2) is 0 Å². The number of unbranched alkanes of at least 4 members (excludes halogenated alkanes) is 2. The molecule has 4 heteroatoms. The predicted octanol–water partition coefficient (Wildman–Crippen LogP) is 2.31. The summed E-state index contributed by atoms with van der Waals surface area (Å²) in [6.45, 7) is 4.91. The second-order valence-corrected chi connectivity index (χ2v) is 5.09. The van der Waals surface area contributed by atoms with E-state index in [4.69, 9.17) is 4.74 Å². The molecular weight excluding hydrogens is 222 g/mol. The highest BCUT2D eigenvalue weighted by Gasteiger charge is 2.19. The Bertz CT molecular complexity index is 188. The molecule has 0 aromatic carbocycles. The molecule has 96 valence electrons. The van der Waals surface area contributed by atoms with Crippen LogP contribution in [0, 0.1) is 5.92 Å². The van der Waals surface area contributed by atoms with Gasteiger partial charge in [0.2, 0.25) is 0 Å². The van der Waals surface area contributed by atoms with Gasteiger partial charge in [0.1, 0.15) is 0 Å². The fourth-order valence-corrected chi connectivity index (χ4v) is 1.94. The summed E-state index contributed by atoms with van der Waals surface area (Å²) in [6, 6.07) is 0.188. The van der Waals surface area contributed by atoms with Crippen LogP contribution in [0.5, 0.6) is 0 Å². The summed E-state index contributed by atoms with van der Waals surface area (Å²) in [5.41, 5.74) is 0. The van der Waals surface area contributed by atoms with E-state index in [9.17, 15) is 4.79 Å². The summed E-state index contributed by atoms with van der Waals surface area (Å²) in [7, 11) is 1.44. The highest BCUT2D eigenvalue weighted by molar-refractivity contribution is 7.98. The summed E-state index contributed by atoms with van der Waals surface area (Å²) in [5.74, 6) is 1.03. The van der Waals surface area contributed by atoms with Gasteiger partial charge in [0.25, 0.3) is 0 Å². The lowest BCUT2D eigenvalue weighted by molar-refractivity contribution is -0.145. The van der Waals surface area contributed by atoms with Gasteiger partial charge < -0.3 is 10.1 Å². The van der Waals surface area contributed by atoms with Crippen LogP contribution < -0.4 is 5.32 Å². The summed E-state index contributed by atoms with van der Waals surface area (Å²) >= 11 is 1.90. The molecule has 0 amide bonds. The molecule has 0 bridgehead atoms. The molecule has 0 heterocycles. The zero-order valence-electron chi connectivity index (χ0n) is 10.9. The highest BCUT2D eigenvalue weighted by Crippen LogP contribution is 2.05. The minimum absolute atomic E-state index is 0.0730. The third kappa shape index (κ3) is 7.12. The first-order valence-electron chi connectivity index (χ1n) is 5.93.